The van der Waals surface area contributed by atoms with Crippen LogP contribution in [0.15, 0.2) is 12.1 Å². The van der Waals surface area contributed by atoms with Crippen LogP contribution in [0.3, 0.4) is 0 Å². The topological polar surface area (TPSA) is 97.1 Å². The molecule has 1 aromatic rings. The normalized spacial score (nSPS) is 11.8. The van der Waals surface area contributed by atoms with E-state index in [4.69, 9.17) is 5.73 Å². The first-order valence-electron chi connectivity index (χ1n) is 7.32. The highest BCUT2D eigenvalue weighted by molar-refractivity contribution is 5.97. The molecule has 0 saturated heterocycles. The molecule has 0 aliphatic rings. The molecule has 1 atom stereocenters. The van der Waals surface area contributed by atoms with E-state index in [0.29, 0.717) is 17.9 Å². The number of anilines is 1. The lowest BCUT2D eigenvalue weighted by Crippen LogP contribution is -2.45. The highest BCUT2D eigenvalue weighted by atomic mass is 16.2. The molecule has 1 heterocycles. The minimum atomic E-state index is -0.590. The van der Waals surface area contributed by atoms with Gasteiger partial charge in [0.1, 0.15) is 11.9 Å². The number of aromatic nitrogens is 1. The summed E-state index contributed by atoms with van der Waals surface area (Å²) in [7, 11) is 0. The summed E-state index contributed by atoms with van der Waals surface area (Å²) in [6, 6.07) is 2.64. The molecule has 1 rings (SSSR count). The lowest BCUT2D eigenvalue weighted by Gasteiger charge is -2.14. The summed E-state index contributed by atoms with van der Waals surface area (Å²) in [6.07, 6.45) is 2.54. The molecular formula is C15H24N4O2. The third-order valence-electron chi connectivity index (χ3n) is 2.96. The van der Waals surface area contributed by atoms with Crippen LogP contribution in [0.5, 0.6) is 0 Å². The molecule has 0 aliphatic carbocycles. The van der Waals surface area contributed by atoms with Crippen molar-refractivity contribution in [1.82, 2.24) is 15.6 Å². The van der Waals surface area contributed by atoms with E-state index in [1.165, 1.54) is 6.07 Å². The fourth-order valence-corrected chi connectivity index (χ4v) is 1.87. The number of pyridine rings is 1. The third kappa shape index (κ3) is 5.41. The van der Waals surface area contributed by atoms with Crippen molar-refractivity contribution in [3.63, 3.8) is 0 Å². The fourth-order valence-electron chi connectivity index (χ4n) is 1.87. The molecule has 0 fully saturated rings. The van der Waals surface area contributed by atoms with Gasteiger partial charge in [-0.3, -0.25) is 9.59 Å². The maximum Gasteiger partial charge on any atom is 0.252 e. The van der Waals surface area contributed by atoms with Crippen molar-refractivity contribution < 1.29 is 9.59 Å². The Morgan fingerprint density at radius 3 is 2.62 bits per heavy atom. The number of nitrogens with one attached hydrogen (secondary N) is 2. The first kappa shape index (κ1) is 16.9. The largest absolute Gasteiger partial charge is 0.384 e. The molecule has 1 aromatic heterocycles. The number of nitrogens with two attached hydrogens (primary N) is 1. The number of nitrogen functional groups attached to an aromatic ring is 1. The van der Waals surface area contributed by atoms with Gasteiger partial charge in [0, 0.05) is 17.8 Å². The van der Waals surface area contributed by atoms with Gasteiger partial charge < -0.3 is 16.4 Å². The van der Waals surface area contributed by atoms with Crippen LogP contribution in [0.4, 0.5) is 5.82 Å². The minimum Gasteiger partial charge on any atom is -0.384 e. The van der Waals surface area contributed by atoms with Gasteiger partial charge >= 0.3 is 0 Å². The smallest absolute Gasteiger partial charge is 0.252 e. The Bertz CT molecular complexity index is 502. The van der Waals surface area contributed by atoms with Crippen LogP contribution in [-0.2, 0) is 11.2 Å². The van der Waals surface area contributed by atoms with Gasteiger partial charge in [-0.15, -0.1) is 0 Å². The average molecular weight is 292 g/mol. The van der Waals surface area contributed by atoms with Gasteiger partial charge in [-0.05, 0) is 31.9 Å². The number of amides is 2. The Hall–Kier alpha value is -2.11. The quantitative estimate of drug-likeness (QED) is 0.704. The Morgan fingerprint density at radius 2 is 2.00 bits per heavy atom. The first-order chi connectivity index (χ1) is 9.97. The van der Waals surface area contributed by atoms with Crippen LogP contribution in [0.25, 0.3) is 0 Å². The Kier molecular flexibility index (Phi) is 6.65. The maximum absolute atomic E-state index is 12.2. The molecule has 0 spiro atoms. The highest BCUT2D eigenvalue weighted by Gasteiger charge is 2.16. The van der Waals surface area contributed by atoms with Crippen LogP contribution in [-0.4, -0.2) is 29.4 Å². The molecule has 116 valence electrons. The predicted octanol–water partition coefficient (Wildman–Crippen LogP) is 1.26. The van der Waals surface area contributed by atoms with Gasteiger partial charge in [0.05, 0.1) is 0 Å². The molecule has 2 amide bonds. The summed E-state index contributed by atoms with van der Waals surface area (Å²) in [4.78, 5) is 28.1. The predicted molar refractivity (Wildman–Crippen MR) is 82.9 cm³/mol. The summed E-state index contributed by atoms with van der Waals surface area (Å²) >= 11 is 0. The van der Waals surface area contributed by atoms with E-state index in [1.54, 1.807) is 13.0 Å². The molecule has 1 unspecified atom stereocenters. The molecule has 6 heteroatoms. The monoisotopic (exact) mass is 292 g/mol. The van der Waals surface area contributed by atoms with E-state index >= 15 is 0 Å². The van der Waals surface area contributed by atoms with Crippen LogP contribution in [0.2, 0.25) is 0 Å². The van der Waals surface area contributed by atoms with Crippen molar-refractivity contribution in [2.45, 2.75) is 46.1 Å². The molecule has 0 radical (unpaired) electrons. The minimum absolute atomic E-state index is 0.194. The number of hydrogen-bond donors (Lipinski definition) is 3. The molecular weight excluding hydrogens is 268 g/mol. The summed E-state index contributed by atoms with van der Waals surface area (Å²) in [5.41, 5.74) is 6.93. The molecule has 0 aromatic carbocycles. The van der Waals surface area contributed by atoms with Crippen molar-refractivity contribution in [1.29, 1.82) is 0 Å². The van der Waals surface area contributed by atoms with Crippen molar-refractivity contribution >= 4 is 17.6 Å². The van der Waals surface area contributed by atoms with E-state index in [0.717, 1.165) is 25.0 Å². The highest BCUT2D eigenvalue weighted by Crippen LogP contribution is 2.10. The Balaban J connectivity index is 2.72. The van der Waals surface area contributed by atoms with Crippen molar-refractivity contribution in [3.8, 4) is 0 Å². The van der Waals surface area contributed by atoms with E-state index < -0.39 is 6.04 Å². The number of rotatable bonds is 7. The van der Waals surface area contributed by atoms with Crippen LogP contribution >= 0.6 is 0 Å². The summed E-state index contributed by atoms with van der Waals surface area (Å²) < 4.78 is 0. The number of carbonyl (C=O) groups is 2. The van der Waals surface area contributed by atoms with Crippen LogP contribution < -0.4 is 16.4 Å². The van der Waals surface area contributed by atoms with Crippen molar-refractivity contribution in [2.75, 3.05) is 12.3 Å². The second-order valence-electron chi connectivity index (χ2n) is 5.01. The zero-order valence-corrected chi connectivity index (χ0v) is 12.9. The molecule has 0 bridgehead atoms. The molecule has 4 N–H and O–H groups in total. The third-order valence-corrected chi connectivity index (χ3v) is 2.96. The first-order valence-corrected chi connectivity index (χ1v) is 7.32. The average Bonchev–Trinajstić information content (AvgIpc) is 2.44. The second-order valence-corrected chi connectivity index (χ2v) is 5.01. The van der Waals surface area contributed by atoms with E-state index in [1.807, 2.05) is 13.8 Å². The van der Waals surface area contributed by atoms with Crippen molar-refractivity contribution in [3.05, 3.63) is 23.4 Å². The Morgan fingerprint density at radius 1 is 1.29 bits per heavy atom. The van der Waals surface area contributed by atoms with Gasteiger partial charge in [-0.1, -0.05) is 20.3 Å². The SMILES string of the molecule is CCCNC(=O)C(C)NC(=O)c1cc(N)nc(CCC)c1. The zero-order valence-electron chi connectivity index (χ0n) is 12.9. The molecule has 21 heavy (non-hydrogen) atoms. The van der Waals surface area contributed by atoms with E-state index in [9.17, 15) is 9.59 Å². The number of carbonyl (C=O) groups excluding carboxylic acids is 2. The molecule has 0 saturated carbocycles. The van der Waals surface area contributed by atoms with Gasteiger partial charge in [0.15, 0.2) is 0 Å². The van der Waals surface area contributed by atoms with E-state index in [2.05, 4.69) is 15.6 Å². The number of aryl methyl sites for hydroxylation is 1. The van der Waals surface area contributed by atoms with Crippen LogP contribution in [0.1, 0.15) is 49.7 Å². The standard InChI is InChI=1S/C15H24N4O2/c1-4-6-12-8-11(9-13(16)19-12)15(21)18-10(3)14(20)17-7-5-2/h8-10H,4-7H2,1-3H3,(H2,16,19)(H,17,20)(H,18,21). The maximum atomic E-state index is 12.2. The summed E-state index contributed by atoms with van der Waals surface area (Å²) in [5.74, 6) is -0.198. The van der Waals surface area contributed by atoms with Gasteiger partial charge in [0.2, 0.25) is 5.91 Å². The van der Waals surface area contributed by atoms with Gasteiger partial charge in [0.25, 0.3) is 5.91 Å². The fraction of sp³-hybridized carbons (Fsp3) is 0.533. The lowest BCUT2D eigenvalue weighted by atomic mass is 10.1. The lowest BCUT2D eigenvalue weighted by molar-refractivity contribution is -0.122. The Labute approximate surface area is 125 Å². The molecule has 6 nitrogen and oxygen atoms in total. The van der Waals surface area contributed by atoms with E-state index in [-0.39, 0.29) is 11.8 Å². The number of hydrogen-bond acceptors (Lipinski definition) is 4. The summed E-state index contributed by atoms with van der Waals surface area (Å²) in [5, 5.41) is 5.41. The second kappa shape index (κ2) is 8.24. The van der Waals surface area contributed by atoms with Crippen molar-refractivity contribution in [2.24, 2.45) is 0 Å². The van der Waals surface area contributed by atoms with Crippen LogP contribution in [0, 0.1) is 0 Å². The van der Waals surface area contributed by atoms with Gasteiger partial charge in [-0.25, -0.2) is 4.98 Å². The zero-order chi connectivity index (χ0) is 15.8. The number of nitrogens with zero attached hydrogens (tertiary/aromatic N) is 1. The van der Waals surface area contributed by atoms with Gasteiger partial charge in [-0.2, -0.15) is 0 Å². The molecule has 0 aliphatic heterocycles. The summed E-state index contributed by atoms with van der Waals surface area (Å²) in [6.45, 7) is 6.26.